The Morgan fingerprint density at radius 3 is 2.59 bits per heavy atom. The molecule has 1 saturated carbocycles. The molecule has 1 N–H and O–H groups in total. The Kier molecular flexibility index (Phi) is 3.71. The van der Waals surface area contributed by atoms with Crippen LogP contribution in [0, 0.1) is 5.41 Å². The van der Waals surface area contributed by atoms with Crippen molar-refractivity contribution in [2.75, 3.05) is 33.4 Å². The summed E-state index contributed by atoms with van der Waals surface area (Å²) in [6.07, 6.45) is 1.71. The van der Waals surface area contributed by atoms with Crippen LogP contribution in [-0.4, -0.2) is 55.4 Å². The van der Waals surface area contributed by atoms with Gasteiger partial charge in [-0.3, -0.25) is 0 Å². The van der Waals surface area contributed by atoms with E-state index in [2.05, 4.69) is 11.9 Å². The fourth-order valence-corrected chi connectivity index (χ4v) is 3.03. The van der Waals surface area contributed by atoms with Gasteiger partial charge in [-0.25, -0.2) is 8.78 Å². The molecule has 0 aromatic rings. The highest BCUT2D eigenvalue weighted by Crippen LogP contribution is 2.49. The topological polar surface area (TPSA) is 32.7 Å². The van der Waals surface area contributed by atoms with Crippen LogP contribution in [0.25, 0.3) is 0 Å². The van der Waals surface area contributed by atoms with Gasteiger partial charge in [0.05, 0.1) is 6.10 Å². The summed E-state index contributed by atoms with van der Waals surface area (Å²) in [6, 6.07) is 0. The third-order valence-corrected chi connectivity index (χ3v) is 3.76. The molecule has 1 saturated heterocycles. The van der Waals surface area contributed by atoms with Crippen molar-refractivity contribution in [3.05, 3.63) is 0 Å². The van der Waals surface area contributed by atoms with Crippen molar-refractivity contribution >= 4 is 0 Å². The molecule has 2 rings (SSSR count). The first-order valence-corrected chi connectivity index (χ1v) is 6.24. The van der Waals surface area contributed by atoms with Crippen molar-refractivity contribution in [2.45, 2.75) is 37.7 Å². The monoisotopic (exact) mass is 249 g/mol. The number of alkyl halides is 2. The Morgan fingerprint density at radius 1 is 1.41 bits per heavy atom. The fourth-order valence-electron chi connectivity index (χ4n) is 3.03. The van der Waals surface area contributed by atoms with Crippen molar-refractivity contribution in [3.8, 4) is 0 Å². The first-order chi connectivity index (χ1) is 7.95. The second kappa shape index (κ2) is 4.78. The van der Waals surface area contributed by atoms with Gasteiger partial charge in [-0.05, 0) is 26.3 Å². The molecule has 0 unspecified atom stereocenters. The summed E-state index contributed by atoms with van der Waals surface area (Å²) in [4.78, 5) is 2.24. The highest BCUT2D eigenvalue weighted by molar-refractivity contribution is 5.04. The third-order valence-electron chi connectivity index (χ3n) is 3.76. The van der Waals surface area contributed by atoms with E-state index in [1.165, 1.54) is 0 Å². The molecule has 1 aliphatic carbocycles. The smallest absolute Gasteiger partial charge is 0.271 e. The molecule has 0 bridgehead atoms. The Morgan fingerprint density at radius 2 is 2.06 bits per heavy atom. The predicted molar refractivity (Wildman–Crippen MR) is 60.2 cm³/mol. The summed E-state index contributed by atoms with van der Waals surface area (Å²) in [7, 11) is 2.07. The minimum Gasteiger partial charge on any atom is -0.396 e. The summed E-state index contributed by atoms with van der Waals surface area (Å²) in [6.45, 7) is 1.47. The molecule has 1 heterocycles. The molecule has 1 aliphatic heterocycles. The zero-order valence-electron chi connectivity index (χ0n) is 10.3. The van der Waals surface area contributed by atoms with E-state index in [-0.39, 0.29) is 25.6 Å². The minimum absolute atomic E-state index is 0.0173. The lowest BCUT2D eigenvalue weighted by atomic mass is 9.62. The van der Waals surface area contributed by atoms with Gasteiger partial charge in [0.25, 0.3) is 5.92 Å². The third kappa shape index (κ3) is 3.14. The molecule has 0 aromatic heterocycles. The summed E-state index contributed by atoms with van der Waals surface area (Å²) in [5.74, 6) is -2.79. The maximum absolute atomic E-state index is 13.2. The largest absolute Gasteiger partial charge is 0.396 e. The molecule has 17 heavy (non-hydrogen) atoms. The molecule has 5 heteroatoms. The molecular weight excluding hydrogens is 228 g/mol. The quantitative estimate of drug-likeness (QED) is 0.774. The number of hydrogen-bond donors (Lipinski definition) is 1. The van der Waals surface area contributed by atoms with E-state index in [0.717, 1.165) is 25.9 Å². The number of ether oxygens (including phenoxy) is 1. The van der Waals surface area contributed by atoms with Crippen LogP contribution in [0.5, 0.6) is 0 Å². The second-order valence-corrected chi connectivity index (χ2v) is 5.70. The van der Waals surface area contributed by atoms with Gasteiger partial charge in [0.15, 0.2) is 0 Å². The van der Waals surface area contributed by atoms with E-state index in [4.69, 9.17) is 9.84 Å². The summed E-state index contributed by atoms with van der Waals surface area (Å²) in [5.41, 5.74) is 0.375. The highest BCUT2D eigenvalue weighted by Gasteiger charge is 2.52. The standard InChI is InChI=1S/C12H21F2NO2/c1-15-7-11(8-15)5-10(6-11)17-9-12(13,14)3-2-4-16/h10,16H,2-9H2,1H3. The van der Waals surface area contributed by atoms with E-state index in [9.17, 15) is 8.78 Å². The normalized spacial score (nSPS) is 24.7. The van der Waals surface area contributed by atoms with Gasteiger partial charge in [0.2, 0.25) is 0 Å². The molecular formula is C12H21F2NO2. The average molecular weight is 249 g/mol. The number of rotatable bonds is 6. The van der Waals surface area contributed by atoms with Gasteiger partial charge in [0, 0.05) is 31.5 Å². The predicted octanol–water partition coefficient (Wildman–Crippen LogP) is 1.50. The lowest BCUT2D eigenvalue weighted by Gasteiger charge is -2.58. The Hall–Kier alpha value is -0.260. The van der Waals surface area contributed by atoms with Gasteiger partial charge in [0.1, 0.15) is 6.61 Å². The molecule has 2 fully saturated rings. The first kappa shape index (κ1) is 13.2. The fraction of sp³-hybridized carbons (Fsp3) is 1.00. The van der Waals surface area contributed by atoms with Crippen LogP contribution in [0.3, 0.4) is 0 Å². The lowest BCUT2D eigenvalue weighted by Crippen LogP contribution is -2.62. The molecule has 2 aliphatic rings. The zero-order chi connectivity index (χ0) is 12.5. The summed E-state index contributed by atoms with van der Waals surface area (Å²) >= 11 is 0. The van der Waals surface area contributed by atoms with Crippen molar-refractivity contribution in [3.63, 3.8) is 0 Å². The van der Waals surface area contributed by atoms with Gasteiger partial charge < -0.3 is 14.7 Å². The van der Waals surface area contributed by atoms with Crippen LogP contribution in [-0.2, 0) is 4.74 Å². The molecule has 0 atom stereocenters. The molecule has 1 spiro atoms. The van der Waals surface area contributed by atoms with E-state index < -0.39 is 12.5 Å². The lowest BCUT2D eigenvalue weighted by molar-refractivity contribution is -0.179. The minimum atomic E-state index is -2.79. The Balaban J connectivity index is 1.61. The number of halogens is 2. The molecule has 0 amide bonds. The van der Waals surface area contributed by atoms with Crippen LogP contribution >= 0.6 is 0 Å². The molecule has 0 aromatic carbocycles. The van der Waals surface area contributed by atoms with Crippen molar-refractivity contribution in [1.29, 1.82) is 0 Å². The zero-order valence-corrected chi connectivity index (χ0v) is 10.3. The van der Waals surface area contributed by atoms with E-state index in [1.54, 1.807) is 0 Å². The van der Waals surface area contributed by atoms with Crippen LogP contribution in [0.1, 0.15) is 25.7 Å². The highest BCUT2D eigenvalue weighted by atomic mass is 19.3. The van der Waals surface area contributed by atoms with Crippen molar-refractivity contribution < 1.29 is 18.6 Å². The van der Waals surface area contributed by atoms with E-state index >= 15 is 0 Å². The van der Waals surface area contributed by atoms with Gasteiger partial charge >= 0.3 is 0 Å². The molecule has 0 radical (unpaired) electrons. The Bertz CT molecular complexity index is 259. The van der Waals surface area contributed by atoms with Crippen LogP contribution in [0.2, 0.25) is 0 Å². The number of nitrogens with zero attached hydrogens (tertiary/aromatic N) is 1. The van der Waals surface area contributed by atoms with Crippen molar-refractivity contribution in [1.82, 2.24) is 4.90 Å². The van der Waals surface area contributed by atoms with Crippen molar-refractivity contribution in [2.24, 2.45) is 5.41 Å². The number of aliphatic hydroxyl groups is 1. The van der Waals surface area contributed by atoms with E-state index in [1.807, 2.05) is 0 Å². The van der Waals surface area contributed by atoms with Gasteiger partial charge in [-0.2, -0.15) is 0 Å². The maximum Gasteiger partial charge on any atom is 0.271 e. The second-order valence-electron chi connectivity index (χ2n) is 5.70. The molecule has 3 nitrogen and oxygen atoms in total. The SMILES string of the molecule is CN1CC2(CC(OCC(F)(F)CCCO)C2)C1. The summed E-state index contributed by atoms with van der Waals surface area (Å²) in [5, 5.41) is 8.52. The number of hydrogen-bond acceptors (Lipinski definition) is 3. The van der Waals surface area contributed by atoms with Gasteiger partial charge in [-0.15, -0.1) is 0 Å². The average Bonchev–Trinajstić information content (AvgIpc) is 2.16. The van der Waals surface area contributed by atoms with Crippen LogP contribution in [0.15, 0.2) is 0 Å². The maximum atomic E-state index is 13.2. The first-order valence-electron chi connectivity index (χ1n) is 6.24. The Labute approximate surface area is 101 Å². The van der Waals surface area contributed by atoms with Crippen LogP contribution < -0.4 is 0 Å². The molecule has 100 valence electrons. The summed E-state index contributed by atoms with van der Waals surface area (Å²) < 4.78 is 31.7. The van der Waals surface area contributed by atoms with Gasteiger partial charge in [-0.1, -0.05) is 0 Å². The number of aliphatic hydroxyl groups excluding tert-OH is 1. The van der Waals surface area contributed by atoms with Crippen LogP contribution in [0.4, 0.5) is 8.78 Å². The van der Waals surface area contributed by atoms with E-state index in [0.29, 0.717) is 5.41 Å². The number of likely N-dealkylation sites (tertiary alicyclic amines) is 1.